The van der Waals surface area contributed by atoms with Crippen LogP contribution in [-0.2, 0) is 5.75 Å². The number of nitrogens with zero attached hydrogens (tertiary/aromatic N) is 2. The van der Waals surface area contributed by atoms with E-state index in [0.717, 1.165) is 21.9 Å². The number of nitriles is 1. The SMILES string of the molecule is Cc1cc(SCc2cccc(C#N)c2)nc2c(C)cccc12. The fourth-order valence-electron chi connectivity index (χ4n) is 2.49. The Morgan fingerprint density at radius 2 is 1.86 bits per heavy atom. The molecule has 0 aliphatic rings. The van der Waals surface area contributed by atoms with E-state index >= 15 is 0 Å². The molecule has 0 spiro atoms. The molecule has 3 aromatic rings. The molecule has 1 aromatic heterocycles. The minimum Gasteiger partial charge on any atom is -0.241 e. The van der Waals surface area contributed by atoms with Gasteiger partial charge in [-0.15, -0.1) is 11.8 Å². The monoisotopic (exact) mass is 304 g/mol. The molecule has 0 aliphatic carbocycles. The molecule has 0 N–H and O–H groups in total. The molecular formula is C19H16N2S. The highest BCUT2D eigenvalue weighted by molar-refractivity contribution is 7.98. The summed E-state index contributed by atoms with van der Waals surface area (Å²) in [6, 6.07) is 18.4. The van der Waals surface area contributed by atoms with Crippen LogP contribution in [0.5, 0.6) is 0 Å². The van der Waals surface area contributed by atoms with E-state index in [-0.39, 0.29) is 0 Å². The van der Waals surface area contributed by atoms with Crippen molar-refractivity contribution in [1.29, 1.82) is 5.26 Å². The lowest BCUT2D eigenvalue weighted by Gasteiger charge is -2.08. The van der Waals surface area contributed by atoms with Crippen molar-refractivity contribution in [2.45, 2.75) is 24.6 Å². The summed E-state index contributed by atoms with van der Waals surface area (Å²) in [5.74, 6) is 0.819. The van der Waals surface area contributed by atoms with Crippen molar-refractivity contribution in [3.05, 3.63) is 70.8 Å². The molecule has 2 aromatic carbocycles. The van der Waals surface area contributed by atoms with Crippen molar-refractivity contribution in [3.8, 4) is 6.07 Å². The third-order valence-electron chi connectivity index (χ3n) is 3.67. The Bertz CT molecular complexity index is 878. The third-order valence-corrected chi connectivity index (χ3v) is 4.65. The van der Waals surface area contributed by atoms with Crippen LogP contribution in [0.2, 0.25) is 0 Å². The second-order valence-electron chi connectivity index (χ2n) is 5.35. The summed E-state index contributed by atoms with van der Waals surface area (Å²) >= 11 is 1.71. The maximum absolute atomic E-state index is 8.96. The van der Waals surface area contributed by atoms with Gasteiger partial charge in [-0.05, 0) is 48.7 Å². The topological polar surface area (TPSA) is 36.7 Å². The molecule has 0 fully saturated rings. The van der Waals surface area contributed by atoms with Crippen molar-refractivity contribution >= 4 is 22.7 Å². The van der Waals surface area contributed by atoms with Crippen LogP contribution in [0, 0.1) is 25.2 Å². The van der Waals surface area contributed by atoms with Gasteiger partial charge in [0.25, 0.3) is 0 Å². The summed E-state index contributed by atoms with van der Waals surface area (Å²) in [6.45, 7) is 4.23. The summed E-state index contributed by atoms with van der Waals surface area (Å²) in [5.41, 5.74) is 5.39. The van der Waals surface area contributed by atoms with E-state index in [1.54, 1.807) is 11.8 Å². The number of thioether (sulfide) groups is 1. The Labute approximate surface area is 134 Å². The molecule has 0 saturated heterocycles. The number of hydrogen-bond donors (Lipinski definition) is 0. The van der Waals surface area contributed by atoms with E-state index in [9.17, 15) is 0 Å². The van der Waals surface area contributed by atoms with Crippen LogP contribution in [-0.4, -0.2) is 4.98 Å². The highest BCUT2D eigenvalue weighted by atomic mass is 32.2. The maximum Gasteiger partial charge on any atom is 0.0991 e. The Morgan fingerprint density at radius 1 is 1.05 bits per heavy atom. The van der Waals surface area contributed by atoms with Gasteiger partial charge >= 0.3 is 0 Å². The van der Waals surface area contributed by atoms with Crippen LogP contribution >= 0.6 is 11.8 Å². The second kappa shape index (κ2) is 6.21. The number of rotatable bonds is 3. The van der Waals surface area contributed by atoms with Gasteiger partial charge in [-0.3, -0.25) is 0 Å². The molecule has 0 amide bonds. The minimum absolute atomic E-state index is 0.705. The number of fused-ring (bicyclic) bond motifs is 1. The van der Waals surface area contributed by atoms with Crippen molar-refractivity contribution in [2.24, 2.45) is 0 Å². The fraction of sp³-hybridized carbons (Fsp3) is 0.158. The molecule has 0 saturated carbocycles. The number of aryl methyl sites for hydroxylation is 2. The number of hydrogen-bond acceptors (Lipinski definition) is 3. The average Bonchev–Trinajstić information content (AvgIpc) is 2.54. The first-order chi connectivity index (χ1) is 10.7. The van der Waals surface area contributed by atoms with Gasteiger partial charge in [0.05, 0.1) is 22.2 Å². The molecule has 0 atom stereocenters. The van der Waals surface area contributed by atoms with Gasteiger partial charge in [0, 0.05) is 11.1 Å². The Balaban J connectivity index is 1.88. The number of para-hydroxylation sites is 1. The van der Waals surface area contributed by atoms with Gasteiger partial charge in [-0.25, -0.2) is 4.98 Å². The van der Waals surface area contributed by atoms with Gasteiger partial charge < -0.3 is 0 Å². The first-order valence-electron chi connectivity index (χ1n) is 7.16. The number of benzene rings is 2. The Hall–Kier alpha value is -2.31. The molecule has 22 heavy (non-hydrogen) atoms. The van der Waals surface area contributed by atoms with Gasteiger partial charge in [-0.1, -0.05) is 30.3 Å². The van der Waals surface area contributed by atoms with Crippen LogP contribution in [0.25, 0.3) is 10.9 Å². The van der Waals surface area contributed by atoms with E-state index in [1.807, 2.05) is 24.3 Å². The average molecular weight is 304 g/mol. The van der Waals surface area contributed by atoms with Crippen LogP contribution in [0.4, 0.5) is 0 Å². The normalized spacial score (nSPS) is 10.6. The lowest BCUT2D eigenvalue weighted by atomic mass is 10.1. The van der Waals surface area contributed by atoms with E-state index < -0.39 is 0 Å². The molecule has 1 heterocycles. The highest BCUT2D eigenvalue weighted by Crippen LogP contribution is 2.27. The zero-order chi connectivity index (χ0) is 15.5. The van der Waals surface area contributed by atoms with Gasteiger partial charge in [0.2, 0.25) is 0 Å². The zero-order valence-corrected chi connectivity index (χ0v) is 13.4. The summed E-state index contributed by atoms with van der Waals surface area (Å²) in [7, 11) is 0. The minimum atomic E-state index is 0.705. The van der Waals surface area contributed by atoms with Crippen molar-refractivity contribution < 1.29 is 0 Å². The first-order valence-corrected chi connectivity index (χ1v) is 8.15. The standard InChI is InChI=1S/C19H16N2S/c1-13-5-3-8-17-14(2)9-18(21-19(13)17)22-12-16-7-4-6-15(10-16)11-20/h3-10H,12H2,1-2H3. The van der Waals surface area contributed by atoms with Gasteiger partial charge in [0.1, 0.15) is 0 Å². The van der Waals surface area contributed by atoms with Crippen LogP contribution < -0.4 is 0 Å². The van der Waals surface area contributed by atoms with Crippen LogP contribution in [0.1, 0.15) is 22.3 Å². The maximum atomic E-state index is 8.96. The van der Waals surface area contributed by atoms with Crippen molar-refractivity contribution in [2.75, 3.05) is 0 Å². The zero-order valence-electron chi connectivity index (χ0n) is 12.6. The van der Waals surface area contributed by atoms with Crippen molar-refractivity contribution in [1.82, 2.24) is 4.98 Å². The van der Waals surface area contributed by atoms with Crippen LogP contribution in [0.15, 0.2) is 53.6 Å². The van der Waals surface area contributed by atoms with Crippen molar-refractivity contribution in [3.63, 3.8) is 0 Å². The molecule has 3 rings (SSSR count). The third kappa shape index (κ3) is 2.98. The number of pyridine rings is 1. The molecule has 108 valence electrons. The summed E-state index contributed by atoms with van der Waals surface area (Å²) < 4.78 is 0. The molecule has 0 radical (unpaired) electrons. The van der Waals surface area contributed by atoms with Gasteiger partial charge in [-0.2, -0.15) is 5.26 Å². The van der Waals surface area contributed by atoms with E-state index in [4.69, 9.17) is 10.2 Å². The largest absolute Gasteiger partial charge is 0.241 e. The quantitative estimate of drug-likeness (QED) is 0.638. The summed E-state index contributed by atoms with van der Waals surface area (Å²) in [5, 5.41) is 11.2. The predicted octanol–water partition coefficient (Wildman–Crippen LogP) is 5.02. The van der Waals surface area contributed by atoms with Gasteiger partial charge in [0.15, 0.2) is 0 Å². The summed E-state index contributed by atoms with van der Waals surface area (Å²) in [4.78, 5) is 4.79. The summed E-state index contributed by atoms with van der Waals surface area (Å²) in [6.07, 6.45) is 0. The second-order valence-corrected chi connectivity index (χ2v) is 6.34. The first kappa shape index (κ1) is 14.6. The lowest BCUT2D eigenvalue weighted by molar-refractivity contribution is 1.15. The van der Waals surface area contributed by atoms with E-state index in [2.05, 4.69) is 44.2 Å². The Morgan fingerprint density at radius 3 is 2.68 bits per heavy atom. The smallest absolute Gasteiger partial charge is 0.0991 e. The Kier molecular flexibility index (Phi) is 4.13. The molecule has 0 aliphatic heterocycles. The molecule has 3 heteroatoms. The molecular weight excluding hydrogens is 288 g/mol. The lowest BCUT2D eigenvalue weighted by Crippen LogP contribution is -1.90. The molecule has 2 nitrogen and oxygen atoms in total. The fourth-order valence-corrected chi connectivity index (χ4v) is 3.40. The van der Waals surface area contributed by atoms with Crippen LogP contribution in [0.3, 0.4) is 0 Å². The molecule has 0 bridgehead atoms. The number of aromatic nitrogens is 1. The van der Waals surface area contributed by atoms with E-state index in [1.165, 1.54) is 16.5 Å². The predicted molar refractivity (Wildman–Crippen MR) is 91.9 cm³/mol. The highest BCUT2D eigenvalue weighted by Gasteiger charge is 2.06. The molecule has 0 unspecified atom stereocenters. The van der Waals surface area contributed by atoms with E-state index in [0.29, 0.717) is 5.56 Å².